The second kappa shape index (κ2) is 6.74. The molecule has 0 saturated carbocycles. The van der Waals surface area contributed by atoms with Gasteiger partial charge in [0.05, 0.1) is 6.54 Å². The van der Waals surface area contributed by atoms with E-state index in [0.29, 0.717) is 12.5 Å². The van der Waals surface area contributed by atoms with Gasteiger partial charge in [-0.25, -0.2) is 9.98 Å². The third kappa shape index (κ3) is 3.54. The van der Waals surface area contributed by atoms with Crippen molar-refractivity contribution in [2.24, 2.45) is 10.7 Å². The lowest BCUT2D eigenvalue weighted by molar-refractivity contribution is 0.380. The predicted octanol–water partition coefficient (Wildman–Crippen LogP) is 1.48. The van der Waals surface area contributed by atoms with Crippen LogP contribution in [0.4, 0.5) is 5.13 Å². The molecule has 0 aromatic carbocycles. The minimum absolute atomic E-state index is 0.577. The van der Waals surface area contributed by atoms with Gasteiger partial charge in [-0.3, -0.25) is 4.98 Å². The van der Waals surface area contributed by atoms with E-state index in [2.05, 4.69) is 30.8 Å². The molecule has 3 rings (SSSR count). The van der Waals surface area contributed by atoms with Crippen LogP contribution in [-0.2, 0) is 6.54 Å². The number of hydrogen-bond donors (Lipinski definition) is 1. The Balaban J connectivity index is 1.55. The summed E-state index contributed by atoms with van der Waals surface area (Å²) in [5.41, 5.74) is 8.35. The first-order valence-electron chi connectivity index (χ1n) is 7.32. The Morgan fingerprint density at radius 3 is 2.82 bits per heavy atom. The minimum Gasteiger partial charge on any atom is -0.370 e. The molecule has 0 amide bonds. The van der Waals surface area contributed by atoms with Gasteiger partial charge in [-0.2, -0.15) is 0 Å². The van der Waals surface area contributed by atoms with Gasteiger partial charge in [0.15, 0.2) is 11.1 Å². The minimum atomic E-state index is 0.577. The number of guanidine groups is 1. The smallest absolute Gasteiger partial charge is 0.191 e. The summed E-state index contributed by atoms with van der Waals surface area (Å²) in [5.74, 6) is 0.611. The lowest BCUT2D eigenvalue weighted by atomic mass is 10.2. The first kappa shape index (κ1) is 14.8. The van der Waals surface area contributed by atoms with Crippen LogP contribution in [0.15, 0.2) is 35.0 Å². The van der Waals surface area contributed by atoms with Crippen LogP contribution in [0, 0.1) is 6.92 Å². The van der Waals surface area contributed by atoms with Gasteiger partial charge in [-0.15, -0.1) is 11.3 Å². The largest absolute Gasteiger partial charge is 0.370 e. The first-order valence-corrected chi connectivity index (χ1v) is 8.20. The van der Waals surface area contributed by atoms with Gasteiger partial charge >= 0.3 is 0 Å². The number of aryl methyl sites for hydroxylation is 1. The molecular formula is C15H20N6S. The third-order valence-corrected chi connectivity index (χ3v) is 4.48. The molecule has 2 aromatic rings. The molecule has 7 heteroatoms. The van der Waals surface area contributed by atoms with E-state index in [9.17, 15) is 0 Å². The third-order valence-electron chi connectivity index (χ3n) is 3.65. The highest BCUT2D eigenvalue weighted by Crippen LogP contribution is 2.18. The Bertz CT molecular complexity index is 631. The van der Waals surface area contributed by atoms with Crippen LogP contribution in [0.3, 0.4) is 0 Å². The monoisotopic (exact) mass is 316 g/mol. The molecular weight excluding hydrogens is 296 g/mol. The fourth-order valence-corrected chi connectivity index (χ4v) is 3.17. The summed E-state index contributed by atoms with van der Waals surface area (Å²) in [7, 11) is 0. The first-order chi connectivity index (χ1) is 10.7. The van der Waals surface area contributed by atoms with Crippen molar-refractivity contribution in [3.63, 3.8) is 0 Å². The molecule has 116 valence electrons. The SMILES string of the molecule is Cc1cncc(CN=C(N)N2CCN(c3nccs3)CC2)c1. The molecule has 1 saturated heterocycles. The Labute approximate surface area is 134 Å². The molecule has 2 N–H and O–H groups in total. The lowest BCUT2D eigenvalue weighted by Crippen LogP contribution is -2.51. The van der Waals surface area contributed by atoms with E-state index < -0.39 is 0 Å². The standard InChI is InChI=1S/C15H20N6S/c1-12-8-13(10-17-9-12)11-19-14(16)20-3-5-21(6-4-20)15-18-2-7-22-15/h2,7-10H,3-6,11H2,1H3,(H2,16,19). The molecule has 22 heavy (non-hydrogen) atoms. The molecule has 0 atom stereocenters. The highest BCUT2D eigenvalue weighted by atomic mass is 32.1. The van der Waals surface area contributed by atoms with Gasteiger partial charge in [0.2, 0.25) is 0 Å². The van der Waals surface area contributed by atoms with Gasteiger partial charge in [0.1, 0.15) is 0 Å². The summed E-state index contributed by atoms with van der Waals surface area (Å²) in [6, 6.07) is 2.09. The molecule has 1 aliphatic rings. The quantitative estimate of drug-likeness (QED) is 0.686. The Kier molecular flexibility index (Phi) is 4.53. The summed E-state index contributed by atoms with van der Waals surface area (Å²) >= 11 is 1.68. The van der Waals surface area contributed by atoms with Crippen molar-refractivity contribution < 1.29 is 0 Å². The molecule has 0 spiro atoms. The maximum absolute atomic E-state index is 6.12. The maximum atomic E-state index is 6.12. The zero-order valence-electron chi connectivity index (χ0n) is 12.6. The molecule has 1 fully saturated rings. The molecule has 0 radical (unpaired) electrons. The molecule has 0 unspecified atom stereocenters. The van der Waals surface area contributed by atoms with Gasteiger partial charge in [-0.1, -0.05) is 6.07 Å². The van der Waals surface area contributed by atoms with Crippen LogP contribution in [-0.4, -0.2) is 47.0 Å². The number of thiazole rings is 1. The summed E-state index contributed by atoms with van der Waals surface area (Å²) in [6.07, 6.45) is 5.52. The van der Waals surface area contributed by atoms with Crippen molar-refractivity contribution in [1.29, 1.82) is 0 Å². The summed E-state index contributed by atoms with van der Waals surface area (Å²) < 4.78 is 0. The number of aromatic nitrogens is 2. The van der Waals surface area contributed by atoms with Crippen molar-refractivity contribution in [1.82, 2.24) is 14.9 Å². The Morgan fingerprint density at radius 2 is 2.14 bits per heavy atom. The number of aliphatic imine (C=N–C) groups is 1. The Morgan fingerprint density at radius 1 is 1.32 bits per heavy atom. The second-order valence-corrected chi connectivity index (χ2v) is 6.21. The van der Waals surface area contributed by atoms with Gasteiger partial charge in [0.25, 0.3) is 0 Å². The summed E-state index contributed by atoms with van der Waals surface area (Å²) in [6.45, 7) is 6.21. The predicted molar refractivity (Wildman–Crippen MR) is 90.2 cm³/mol. The average Bonchev–Trinajstić information content (AvgIpc) is 3.07. The van der Waals surface area contributed by atoms with E-state index in [-0.39, 0.29) is 0 Å². The van der Waals surface area contributed by atoms with Crippen molar-refractivity contribution in [2.75, 3.05) is 31.1 Å². The fourth-order valence-electron chi connectivity index (χ4n) is 2.48. The van der Waals surface area contributed by atoms with Crippen LogP contribution in [0.5, 0.6) is 0 Å². The number of hydrogen-bond acceptors (Lipinski definition) is 5. The van der Waals surface area contributed by atoms with Crippen LogP contribution < -0.4 is 10.6 Å². The van der Waals surface area contributed by atoms with Crippen molar-refractivity contribution in [3.05, 3.63) is 41.2 Å². The zero-order chi connectivity index (χ0) is 15.4. The summed E-state index contributed by atoms with van der Waals surface area (Å²) in [4.78, 5) is 17.4. The molecule has 3 heterocycles. The number of anilines is 1. The van der Waals surface area contributed by atoms with E-state index >= 15 is 0 Å². The highest BCUT2D eigenvalue weighted by Gasteiger charge is 2.19. The van der Waals surface area contributed by atoms with Crippen LogP contribution >= 0.6 is 11.3 Å². The van der Waals surface area contributed by atoms with Crippen LogP contribution in [0.2, 0.25) is 0 Å². The van der Waals surface area contributed by atoms with Crippen LogP contribution in [0.25, 0.3) is 0 Å². The maximum Gasteiger partial charge on any atom is 0.191 e. The molecule has 2 aromatic heterocycles. The highest BCUT2D eigenvalue weighted by molar-refractivity contribution is 7.13. The van der Waals surface area contributed by atoms with Crippen molar-refractivity contribution >= 4 is 22.4 Å². The Hall–Kier alpha value is -2.15. The van der Waals surface area contributed by atoms with Gasteiger partial charge < -0.3 is 15.5 Å². The van der Waals surface area contributed by atoms with Gasteiger partial charge in [0, 0.05) is 50.1 Å². The number of nitrogens with two attached hydrogens (primary N) is 1. The van der Waals surface area contributed by atoms with E-state index in [0.717, 1.165) is 42.4 Å². The lowest BCUT2D eigenvalue weighted by Gasteiger charge is -2.35. The molecule has 6 nitrogen and oxygen atoms in total. The fraction of sp³-hybridized carbons (Fsp3) is 0.400. The van der Waals surface area contributed by atoms with E-state index in [4.69, 9.17) is 5.73 Å². The molecule has 1 aliphatic heterocycles. The number of piperazine rings is 1. The summed E-state index contributed by atoms with van der Waals surface area (Å²) in [5, 5.41) is 3.09. The molecule has 0 bridgehead atoms. The zero-order valence-corrected chi connectivity index (χ0v) is 13.5. The van der Waals surface area contributed by atoms with Crippen LogP contribution in [0.1, 0.15) is 11.1 Å². The van der Waals surface area contributed by atoms with E-state index in [1.165, 1.54) is 0 Å². The molecule has 0 aliphatic carbocycles. The van der Waals surface area contributed by atoms with Crippen molar-refractivity contribution in [3.8, 4) is 0 Å². The number of pyridine rings is 1. The van der Waals surface area contributed by atoms with Crippen molar-refractivity contribution in [2.45, 2.75) is 13.5 Å². The van der Waals surface area contributed by atoms with Gasteiger partial charge in [-0.05, 0) is 18.1 Å². The topological polar surface area (TPSA) is 70.6 Å². The normalized spacial score (nSPS) is 16.1. The van der Waals surface area contributed by atoms with E-state index in [1.807, 2.05) is 30.9 Å². The number of nitrogens with zero attached hydrogens (tertiary/aromatic N) is 5. The number of rotatable bonds is 3. The van der Waals surface area contributed by atoms with E-state index in [1.54, 1.807) is 11.3 Å². The average molecular weight is 316 g/mol. The second-order valence-electron chi connectivity index (χ2n) is 5.33.